The Morgan fingerprint density at radius 3 is 2.48 bits per heavy atom. The standard InChI is InChI=1S/C14H16Cl2N2O3/c15-11-2-1-10(7-12(11)16)17-13(19)8-18-5-3-9(4-6-18)14(20)21/h1-2,7,9H,3-6,8H2,(H,17,19)(H,20,21). The molecule has 1 fully saturated rings. The zero-order chi connectivity index (χ0) is 15.4. The normalized spacial score (nSPS) is 21.8. The molecular formula is C14H16Cl2N2O3. The number of amides is 1. The Morgan fingerprint density at radius 2 is 1.90 bits per heavy atom. The fourth-order valence-corrected chi connectivity index (χ4v) is 2.74. The van der Waals surface area contributed by atoms with Gasteiger partial charge in [-0.1, -0.05) is 23.2 Å². The molecule has 1 aliphatic rings. The number of aliphatic carboxylic acids is 1. The molecule has 0 saturated carbocycles. The molecule has 1 aromatic carbocycles. The molecule has 0 aromatic heterocycles. The lowest BCUT2D eigenvalue weighted by Gasteiger charge is -2.29. The minimum absolute atomic E-state index is 0.129. The van der Waals surface area contributed by atoms with Crippen LogP contribution in [0.5, 0.6) is 0 Å². The number of carboxylic acid groups (broad SMARTS) is 1. The van der Waals surface area contributed by atoms with E-state index in [2.05, 4.69) is 5.32 Å². The second-order valence-corrected chi connectivity index (χ2v) is 6.01. The highest BCUT2D eigenvalue weighted by Gasteiger charge is 2.24. The van der Waals surface area contributed by atoms with E-state index in [0.717, 1.165) is 4.90 Å². The van der Waals surface area contributed by atoms with Crippen LogP contribution in [-0.4, -0.2) is 31.5 Å². The molecule has 0 bridgehead atoms. The fourth-order valence-electron chi connectivity index (χ4n) is 2.44. The Bertz CT molecular complexity index is 543. The van der Waals surface area contributed by atoms with Crippen LogP contribution in [0.2, 0.25) is 10.0 Å². The first-order valence-electron chi connectivity index (χ1n) is 6.75. The van der Waals surface area contributed by atoms with Crippen LogP contribution in [0.3, 0.4) is 0 Å². The average Bonchev–Trinajstić information content (AvgIpc) is 2.43. The van der Waals surface area contributed by atoms with Crippen molar-refractivity contribution >= 4 is 40.8 Å². The number of rotatable bonds is 4. The van der Waals surface area contributed by atoms with Crippen LogP contribution >= 0.6 is 23.2 Å². The van der Waals surface area contributed by atoms with Crippen molar-refractivity contribution < 1.29 is 19.6 Å². The van der Waals surface area contributed by atoms with Crippen molar-refractivity contribution in [3.8, 4) is 0 Å². The molecule has 1 aliphatic heterocycles. The molecule has 0 aliphatic carbocycles. The largest absolute Gasteiger partial charge is 0.550 e. The number of piperidine rings is 1. The van der Waals surface area contributed by atoms with E-state index in [0.29, 0.717) is 48.2 Å². The van der Waals surface area contributed by atoms with Crippen LogP contribution in [0.1, 0.15) is 12.8 Å². The third-order valence-corrected chi connectivity index (χ3v) is 4.38. The molecular weight excluding hydrogens is 315 g/mol. The summed E-state index contributed by atoms with van der Waals surface area (Å²) in [6.07, 6.45) is 1.11. The maximum Gasteiger partial charge on any atom is 0.279 e. The minimum atomic E-state index is -0.991. The van der Waals surface area contributed by atoms with E-state index in [9.17, 15) is 14.7 Å². The first-order chi connectivity index (χ1) is 9.95. The van der Waals surface area contributed by atoms with Crippen molar-refractivity contribution in [3.63, 3.8) is 0 Å². The van der Waals surface area contributed by atoms with Gasteiger partial charge < -0.3 is 20.1 Å². The third-order valence-electron chi connectivity index (χ3n) is 3.64. The van der Waals surface area contributed by atoms with Crippen molar-refractivity contribution in [1.82, 2.24) is 0 Å². The number of hydrogen-bond donors (Lipinski definition) is 2. The molecule has 0 radical (unpaired) electrons. The molecule has 0 unspecified atom stereocenters. The molecule has 0 atom stereocenters. The number of anilines is 1. The van der Waals surface area contributed by atoms with Crippen molar-refractivity contribution in [1.29, 1.82) is 0 Å². The Labute approximate surface area is 132 Å². The minimum Gasteiger partial charge on any atom is -0.550 e. The first-order valence-corrected chi connectivity index (χ1v) is 7.50. The molecule has 1 aromatic rings. The third kappa shape index (κ3) is 4.59. The van der Waals surface area contributed by atoms with Crippen LogP contribution < -0.4 is 15.3 Å². The lowest BCUT2D eigenvalue weighted by atomic mass is 9.97. The average molecular weight is 331 g/mol. The number of hydrogen-bond acceptors (Lipinski definition) is 3. The van der Waals surface area contributed by atoms with E-state index < -0.39 is 5.97 Å². The van der Waals surface area contributed by atoms with Gasteiger partial charge in [0.25, 0.3) is 5.91 Å². The number of carboxylic acids is 1. The van der Waals surface area contributed by atoms with E-state index in [1.54, 1.807) is 18.2 Å². The Kier molecular flexibility index (Phi) is 5.45. The van der Waals surface area contributed by atoms with Gasteiger partial charge in [-0.05, 0) is 18.2 Å². The summed E-state index contributed by atoms with van der Waals surface area (Å²) in [6, 6.07) is 4.90. The van der Waals surface area contributed by atoms with E-state index in [4.69, 9.17) is 23.2 Å². The zero-order valence-corrected chi connectivity index (χ0v) is 12.8. The van der Waals surface area contributed by atoms with Gasteiger partial charge in [0.05, 0.1) is 23.1 Å². The Hall–Kier alpha value is -1.30. The molecule has 21 heavy (non-hydrogen) atoms. The quantitative estimate of drug-likeness (QED) is 0.814. The highest BCUT2D eigenvalue weighted by Crippen LogP contribution is 2.24. The van der Waals surface area contributed by atoms with Gasteiger partial charge in [0.1, 0.15) is 0 Å². The number of likely N-dealkylation sites (tertiary alicyclic amines) is 1. The maximum atomic E-state index is 12.0. The number of carbonyl (C=O) groups is 2. The van der Waals surface area contributed by atoms with Crippen molar-refractivity contribution in [2.24, 2.45) is 5.92 Å². The second kappa shape index (κ2) is 7.11. The van der Waals surface area contributed by atoms with Crippen LogP contribution in [-0.2, 0) is 9.59 Å². The number of carbonyl (C=O) groups excluding carboxylic acids is 2. The summed E-state index contributed by atoms with van der Waals surface area (Å²) in [5.41, 5.74) is 0.596. The van der Waals surface area contributed by atoms with Gasteiger partial charge in [0.15, 0.2) is 6.54 Å². The van der Waals surface area contributed by atoms with Crippen molar-refractivity contribution in [3.05, 3.63) is 28.2 Å². The zero-order valence-electron chi connectivity index (χ0n) is 11.3. The Balaban J connectivity index is 1.82. The molecule has 2 rings (SSSR count). The molecule has 7 heteroatoms. The molecule has 5 nitrogen and oxygen atoms in total. The lowest BCUT2D eigenvalue weighted by molar-refractivity contribution is -0.897. The van der Waals surface area contributed by atoms with E-state index in [1.807, 2.05) is 0 Å². The molecule has 1 saturated heterocycles. The lowest BCUT2D eigenvalue weighted by Crippen LogP contribution is -3.14. The number of halogens is 2. The predicted molar refractivity (Wildman–Crippen MR) is 78.4 cm³/mol. The number of nitrogens with one attached hydrogen (secondary N) is 2. The summed E-state index contributed by atoms with van der Waals surface area (Å²) in [4.78, 5) is 23.8. The smallest absolute Gasteiger partial charge is 0.279 e. The van der Waals surface area contributed by atoms with Gasteiger partial charge in [-0.3, -0.25) is 4.79 Å². The highest BCUT2D eigenvalue weighted by molar-refractivity contribution is 6.42. The van der Waals surface area contributed by atoms with Crippen molar-refractivity contribution in [2.75, 3.05) is 25.0 Å². The van der Waals surface area contributed by atoms with Gasteiger partial charge in [-0.15, -0.1) is 0 Å². The van der Waals surface area contributed by atoms with Crippen molar-refractivity contribution in [2.45, 2.75) is 12.8 Å². The number of quaternary nitrogens is 1. The van der Waals surface area contributed by atoms with Gasteiger partial charge >= 0.3 is 0 Å². The van der Waals surface area contributed by atoms with Gasteiger partial charge in [0, 0.05) is 30.4 Å². The summed E-state index contributed by atoms with van der Waals surface area (Å²) >= 11 is 11.7. The van der Waals surface area contributed by atoms with Gasteiger partial charge in [-0.25, -0.2) is 0 Å². The fraction of sp³-hybridized carbons (Fsp3) is 0.429. The topological polar surface area (TPSA) is 73.7 Å². The predicted octanol–water partition coefficient (Wildman–Crippen LogP) is -0.0233. The van der Waals surface area contributed by atoms with E-state index >= 15 is 0 Å². The molecule has 2 N–H and O–H groups in total. The highest BCUT2D eigenvalue weighted by atomic mass is 35.5. The summed E-state index contributed by atoms with van der Waals surface area (Å²) in [5, 5.41) is 14.3. The SMILES string of the molecule is O=C(C[NH+]1CCC(C(=O)[O-])CC1)Nc1ccc(Cl)c(Cl)c1. The Morgan fingerprint density at radius 1 is 1.24 bits per heavy atom. The molecule has 0 spiro atoms. The molecule has 1 heterocycles. The van der Waals surface area contributed by atoms with Gasteiger partial charge in [0.2, 0.25) is 0 Å². The van der Waals surface area contributed by atoms with Crippen LogP contribution in [0.25, 0.3) is 0 Å². The summed E-state index contributed by atoms with van der Waals surface area (Å²) < 4.78 is 0. The van der Waals surface area contributed by atoms with Crippen LogP contribution in [0.4, 0.5) is 5.69 Å². The monoisotopic (exact) mass is 330 g/mol. The van der Waals surface area contributed by atoms with Crippen LogP contribution in [0, 0.1) is 5.92 Å². The number of benzene rings is 1. The summed E-state index contributed by atoms with van der Waals surface area (Å²) in [7, 11) is 0. The van der Waals surface area contributed by atoms with E-state index in [-0.39, 0.29) is 11.8 Å². The van der Waals surface area contributed by atoms with E-state index in [1.165, 1.54) is 0 Å². The summed E-state index contributed by atoms with van der Waals surface area (Å²) in [5.74, 6) is -1.50. The molecule has 1 amide bonds. The first kappa shape index (κ1) is 16.1. The molecule has 114 valence electrons. The van der Waals surface area contributed by atoms with Crippen LogP contribution in [0.15, 0.2) is 18.2 Å². The summed E-state index contributed by atoms with van der Waals surface area (Å²) in [6.45, 7) is 1.63. The second-order valence-electron chi connectivity index (χ2n) is 5.20. The van der Waals surface area contributed by atoms with Gasteiger partial charge in [-0.2, -0.15) is 0 Å². The maximum absolute atomic E-state index is 12.0.